The van der Waals surface area contributed by atoms with Crippen LogP contribution in [0, 0.1) is 6.92 Å². The molecule has 19 heavy (non-hydrogen) atoms. The number of hydrogen-bond acceptors (Lipinski definition) is 3. The lowest BCUT2D eigenvalue weighted by Gasteiger charge is -2.29. The fraction of sp³-hybridized carbons (Fsp3) is 0.375. The Morgan fingerprint density at radius 2 is 1.84 bits per heavy atom. The molecule has 0 aliphatic heterocycles. The summed E-state index contributed by atoms with van der Waals surface area (Å²) in [5.41, 5.74) is 3.21. The van der Waals surface area contributed by atoms with Crippen molar-refractivity contribution < 1.29 is 5.11 Å². The van der Waals surface area contributed by atoms with Crippen LogP contribution in [-0.4, -0.2) is 15.1 Å². The summed E-state index contributed by atoms with van der Waals surface area (Å²) >= 11 is 0. The molecule has 3 heteroatoms. The average molecular weight is 254 g/mol. The predicted octanol–water partition coefficient (Wildman–Crippen LogP) is 3.13. The van der Waals surface area contributed by atoms with Gasteiger partial charge in [-0.1, -0.05) is 30.7 Å². The highest BCUT2D eigenvalue weighted by atomic mass is 16.3. The van der Waals surface area contributed by atoms with Crippen molar-refractivity contribution in [1.82, 2.24) is 9.97 Å². The van der Waals surface area contributed by atoms with Gasteiger partial charge in [0.15, 0.2) is 5.82 Å². The maximum absolute atomic E-state index is 10.5. The van der Waals surface area contributed by atoms with Crippen molar-refractivity contribution in [3.05, 3.63) is 59.2 Å². The largest absolute Gasteiger partial charge is 0.380 e. The van der Waals surface area contributed by atoms with E-state index >= 15 is 0 Å². The second kappa shape index (κ2) is 5.10. The SMILES string of the molecule is Cc1cnc(C(O)c2ccccc2C2CCC2)nc1. The smallest absolute Gasteiger partial charge is 0.161 e. The lowest BCUT2D eigenvalue weighted by atomic mass is 9.77. The van der Waals surface area contributed by atoms with Gasteiger partial charge in [0.05, 0.1) is 0 Å². The minimum atomic E-state index is -0.725. The highest BCUT2D eigenvalue weighted by molar-refractivity contribution is 5.35. The molecule has 1 unspecified atom stereocenters. The third-order valence-electron chi connectivity index (χ3n) is 3.88. The summed E-state index contributed by atoms with van der Waals surface area (Å²) in [6, 6.07) is 8.12. The predicted molar refractivity (Wildman–Crippen MR) is 73.9 cm³/mol. The van der Waals surface area contributed by atoms with Crippen molar-refractivity contribution >= 4 is 0 Å². The number of nitrogens with zero attached hydrogens (tertiary/aromatic N) is 2. The monoisotopic (exact) mass is 254 g/mol. The molecule has 0 saturated heterocycles. The first-order valence-corrected chi connectivity index (χ1v) is 6.81. The molecule has 0 radical (unpaired) electrons. The maximum atomic E-state index is 10.5. The fourth-order valence-corrected chi connectivity index (χ4v) is 2.53. The molecule has 3 nitrogen and oxygen atoms in total. The molecule has 1 aromatic carbocycles. The Labute approximate surface area is 113 Å². The fourth-order valence-electron chi connectivity index (χ4n) is 2.53. The molecule has 2 aromatic rings. The van der Waals surface area contributed by atoms with Crippen LogP contribution < -0.4 is 0 Å². The van der Waals surface area contributed by atoms with E-state index in [-0.39, 0.29) is 0 Å². The first kappa shape index (κ1) is 12.3. The van der Waals surface area contributed by atoms with E-state index in [4.69, 9.17) is 0 Å². The average Bonchev–Trinajstić information content (AvgIpc) is 2.37. The van der Waals surface area contributed by atoms with Crippen LogP contribution in [-0.2, 0) is 0 Å². The Morgan fingerprint density at radius 1 is 1.16 bits per heavy atom. The zero-order chi connectivity index (χ0) is 13.2. The molecule has 1 saturated carbocycles. The second-order valence-electron chi connectivity index (χ2n) is 5.28. The van der Waals surface area contributed by atoms with Crippen molar-refractivity contribution in [3.8, 4) is 0 Å². The van der Waals surface area contributed by atoms with Gasteiger partial charge < -0.3 is 5.11 Å². The molecule has 1 fully saturated rings. The first-order valence-electron chi connectivity index (χ1n) is 6.81. The van der Waals surface area contributed by atoms with Crippen LogP contribution in [0.5, 0.6) is 0 Å². The van der Waals surface area contributed by atoms with Gasteiger partial charge in [0.25, 0.3) is 0 Å². The summed E-state index contributed by atoms with van der Waals surface area (Å²) < 4.78 is 0. The minimum Gasteiger partial charge on any atom is -0.380 e. The van der Waals surface area contributed by atoms with Crippen molar-refractivity contribution in [1.29, 1.82) is 0 Å². The van der Waals surface area contributed by atoms with E-state index in [9.17, 15) is 5.11 Å². The van der Waals surface area contributed by atoms with Gasteiger partial charge in [-0.2, -0.15) is 0 Å². The van der Waals surface area contributed by atoms with Crippen molar-refractivity contribution in [3.63, 3.8) is 0 Å². The lowest BCUT2D eigenvalue weighted by Crippen LogP contribution is -2.14. The zero-order valence-electron chi connectivity index (χ0n) is 11.1. The number of aromatic nitrogens is 2. The summed E-state index contributed by atoms with van der Waals surface area (Å²) in [6.07, 6.45) is 6.50. The molecule has 1 N–H and O–H groups in total. The van der Waals surface area contributed by atoms with E-state index in [1.165, 1.54) is 24.8 Å². The third kappa shape index (κ3) is 2.38. The molecule has 1 heterocycles. The molecule has 0 bridgehead atoms. The summed E-state index contributed by atoms with van der Waals surface area (Å²) in [7, 11) is 0. The van der Waals surface area contributed by atoms with Crippen molar-refractivity contribution in [2.45, 2.75) is 38.2 Å². The highest BCUT2D eigenvalue weighted by Crippen LogP contribution is 2.40. The number of aliphatic hydroxyl groups is 1. The van der Waals surface area contributed by atoms with E-state index in [0.717, 1.165) is 11.1 Å². The molecule has 1 aliphatic rings. The topological polar surface area (TPSA) is 46.0 Å². The molecule has 1 atom stereocenters. The number of benzene rings is 1. The van der Waals surface area contributed by atoms with Gasteiger partial charge in [0, 0.05) is 12.4 Å². The number of hydrogen-bond donors (Lipinski definition) is 1. The van der Waals surface area contributed by atoms with Crippen LogP contribution in [0.15, 0.2) is 36.7 Å². The van der Waals surface area contributed by atoms with Crippen LogP contribution in [0.4, 0.5) is 0 Å². The third-order valence-corrected chi connectivity index (χ3v) is 3.88. The van der Waals surface area contributed by atoms with E-state index in [2.05, 4.69) is 16.0 Å². The Morgan fingerprint density at radius 3 is 2.47 bits per heavy atom. The van der Waals surface area contributed by atoms with Gasteiger partial charge in [0.2, 0.25) is 0 Å². The van der Waals surface area contributed by atoms with Crippen molar-refractivity contribution in [2.24, 2.45) is 0 Å². The lowest BCUT2D eigenvalue weighted by molar-refractivity contribution is 0.206. The van der Waals surface area contributed by atoms with Crippen molar-refractivity contribution in [2.75, 3.05) is 0 Å². The summed E-state index contributed by atoms with van der Waals surface area (Å²) in [4.78, 5) is 8.48. The van der Waals surface area contributed by atoms with Crippen LogP contribution >= 0.6 is 0 Å². The Hall–Kier alpha value is -1.74. The van der Waals surface area contributed by atoms with Gasteiger partial charge in [-0.05, 0) is 42.4 Å². The number of rotatable bonds is 3. The Balaban J connectivity index is 1.94. The van der Waals surface area contributed by atoms with Gasteiger partial charge >= 0.3 is 0 Å². The highest BCUT2D eigenvalue weighted by Gasteiger charge is 2.25. The molecular weight excluding hydrogens is 236 g/mol. The quantitative estimate of drug-likeness (QED) is 0.915. The molecule has 1 aromatic heterocycles. The molecule has 0 amide bonds. The molecular formula is C16H18N2O. The number of aryl methyl sites for hydroxylation is 1. The molecule has 1 aliphatic carbocycles. The molecule has 0 spiro atoms. The van der Waals surface area contributed by atoms with Gasteiger partial charge in [0.1, 0.15) is 6.10 Å². The number of aliphatic hydroxyl groups excluding tert-OH is 1. The summed E-state index contributed by atoms with van der Waals surface area (Å²) in [5, 5.41) is 10.5. The Bertz CT molecular complexity index is 561. The summed E-state index contributed by atoms with van der Waals surface area (Å²) in [5.74, 6) is 1.08. The zero-order valence-corrected chi connectivity index (χ0v) is 11.1. The van der Waals surface area contributed by atoms with Crippen LogP contribution in [0.1, 0.15) is 53.8 Å². The van der Waals surface area contributed by atoms with E-state index in [1.54, 1.807) is 12.4 Å². The molecule has 98 valence electrons. The van der Waals surface area contributed by atoms with E-state index in [0.29, 0.717) is 11.7 Å². The van der Waals surface area contributed by atoms with E-state index in [1.807, 2.05) is 25.1 Å². The minimum absolute atomic E-state index is 0.484. The Kier molecular flexibility index (Phi) is 3.30. The first-order chi connectivity index (χ1) is 9.25. The maximum Gasteiger partial charge on any atom is 0.161 e. The standard InChI is InChI=1S/C16H18N2O/c1-11-9-17-16(18-10-11)15(19)14-8-3-2-7-13(14)12-5-4-6-12/h2-3,7-10,12,15,19H,4-6H2,1H3. The van der Waals surface area contributed by atoms with E-state index < -0.39 is 6.10 Å². The van der Waals surface area contributed by atoms with Gasteiger partial charge in [-0.3, -0.25) is 0 Å². The second-order valence-corrected chi connectivity index (χ2v) is 5.28. The van der Waals surface area contributed by atoms with Crippen LogP contribution in [0.25, 0.3) is 0 Å². The van der Waals surface area contributed by atoms with Gasteiger partial charge in [-0.15, -0.1) is 0 Å². The van der Waals surface area contributed by atoms with Crippen LogP contribution in [0.3, 0.4) is 0 Å². The normalized spacial score (nSPS) is 16.9. The molecule has 3 rings (SSSR count). The summed E-state index contributed by atoms with van der Waals surface area (Å²) in [6.45, 7) is 1.94. The van der Waals surface area contributed by atoms with Gasteiger partial charge in [-0.25, -0.2) is 9.97 Å². The van der Waals surface area contributed by atoms with Crippen LogP contribution in [0.2, 0.25) is 0 Å².